The number of halogens is 1. The Morgan fingerprint density at radius 1 is 1.17 bits per heavy atom. The number of benzene rings is 1. The first-order chi connectivity index (χ1) is 10.9. The van der Waals surface area contributed by atoms with E-state index in [1.807, 2.05) is 0 Å². The molecule has 0 atom stereocenters. The van der Waals surface area contributed by atoms with E-state index in [4.69, 9.17) is 0 Å². The maximum atomic E-state index is 13.1. The quantitative estimate of drug-likeness (QED) is 0.915. The van der Waals surface area contributed by atoms with Crippen molar-refractivity contribution in [1.29, 1.82) is 0 Å². The topological polar surface area (TPSA) is 89.0 Å². The zero-order valence-electron chi connectivity index (χ0n) is 12.1. The number of nitrogens with zero attached hydrogens (tertiary/aromatic N) is 2. The van der Waals surface area contributed by atoms with Crippen LogP contribution in [0.5, 0.6) is 0 Å². The molecule has 1 amide bonds. The van der Waals surface area contributed by atoms with Crippen molar-refractivity contribution in [2.24, 2.45) is 0 Å². The van der Waals surface area contributed by atoms with Crippen LogP contribution in [0.2, 0.25) is 0 Å². The van der Waals surface area contributed by atoms with E-state index in [1.54, 1.807) is 0 Å². The van der Waals surface area contributed by atoms with E-state index in [-0.39, 0.29) is 5.03 Å². The molecular formula is C15H14FN3O3S. The number of hydrogen-bond acceptors (Lipinski definition) is 5. The SMILES string of the molecule is O=C(NS(=O)(=O)c1cnccn1)C1(c2ccc(F)cc2)CCC1. The van der Waals surface area contributed by atoms with Crippen molar-refractivity contribution in [3.63, 3.8) is 0 Å². The highest BCUT2D eigenvalue weighted by Crippen LogP contribution is 2.44. The van der Waals surface area contributed by atoms with Crippen molar-refractivity contribution >= 4 is 15.9 Å². The van der Waals surface area contributed by atoms with Gasteiger partial charge in [0.2, 0.25) is 5.91 Å². The number of sulfonamides is 1. The molecular weight excluding hydrogens is 321 g/mol. The number of rotatable bonds is 4. The fraction of sp³-hybridized carbons (Fsp3) is 0.267. The van der Waals surface area contributed by atoms with Gasteiger partial charge < -0.3 is 0 Å². The Morgan fingerprint density at radius 2 is 1.87 bits per heavy atom. The predicted octanol–water partition coefficient (Wildman–Crippen LogP) is 1.54. The van der Waals surface area contributed by atoms with Crippen molar-refractivity contribution in [1.82, 2.24) is 14.7 Å². The minimum atomic E-state index is -4.08. The molecule has 1 fully saturated rings. The number of nitrogens with one attached hydrogen (secondary N) is 1. The smallest absolute Gasteiger partial charge is 0.273 e. The molecule has 6 nitrogen and oxygen atoms in total. The van der Waals surface area contributed by atoms with Crippen molar-refractivity contribution in [2.45, 2.75) is 29.7 Å². The van der Waals surface area contributed by atoms with Crippen LogP contribution in [0.3, 0.4) is 0 Å². The summed E-state index contributed by atoms with van der Waals surface area (Å²) < 4.78 is 39.6. The molecule has 0 spiro atoms. The van der Waals surface area contributed by atoms with E-state index in [2.05, 4.69) is 14.7 Å². The third-order valence-corrected chi connectivity index (χ3v) is 5.30. The first-order valence-corrected chi connectivity index (χ1v) is 8.52. The molecule has 8 heteroatoms. The summed E-state index contributed by atoms with van der Waals surface area (Å²) >= 11 is 0. The number of carbonyl (C=O) groups excluding carboxylic acids is 1. The van der Waals surface area contributed by atoms with Crippen LogP contribution in [-0.2, 0) is 20.2 Å². The van der Waals surface area contributed by atoms with E-state index in [1.165, 1.54) is 36.7 Å². The van der Waals surface area contributed by atoms with Gasteiger partial charge in [-0.15, -0.1) is 0 Å². The van der Waals surface area contributed by atoms with Gasteiger partial charge in [0.25, 0.3) is 10.0 Å². The monoisotopic (exact) mass is 335 g/mol. The molecule has 0 radical (unpaired) electrons. The fourth-order valence-corrected chi connectivity index (χ4v) is 3.59. The van der Waals surface area contributed by atoms with Crippen LogP contribution in [0.15, 0.2) is 47.9 Å². The molecule has 1 aromatic carbocycles. The second-order valence-electron chi connectivity index (χ2n) is 5.42. The van der Waals surface area contributed by atoms with Gasteiger partial charge in [-0.05, 0) is 30.5 Å². The molecule has 1 N–H and O–H groups in total. The standard InChI is InChI=1S/C15H14FN3O3S/c16-12-4-2-11(3-5-12)15(6-1-7-15)14(20)19-23(21,22)13-10-17-8-9-18-13/h2-5,8-10H,1,6-7H2,(H,19,20). The second kappa shape index (κ2) is 5.69. The van der Waals surface area contributed by atoms with Gasteiger partial charge in [0, 0.05) is 12.4 Å². The van der Waals surface area contributed by atoms with Crippen molar-refractivity contribution in [3.8, 4) is 0 Å². The summed E-state index contributed by atoms with van der Waals surface area (Å²) in [6.45, 7) is 0. The molecule has 23 heavy (non-hydrogen) atoms. The molecule has 1 aromatic heterocycles. The van der Waals surface area contributed by atoms with E-state index in [0.29, 0.717) is 18.4 Å². The Balaban J connectivity index is 1.88. The van der Waals surface area contributed by atoms with E-state index >= 15 is 0 Å². The van der Waals surface area contributed by atoms with Gasteiger partial charge in [0.1, 0.15) is 5.82 Å². The summed E-state index contributed by atoms with van der Waals surface area (Å²) in [5, 5.41) is -0.318. The van der Waals surface area contributed by atoms with Crippen LogP contribution in [0.1, 0.15) is 24.8 Å². The van der Waals surface area contributed by atoms with E-state index < -0.39 is 27.2 Å². The highest BCUT2D eigenvalue weighted by atomic mass is 32.2. The fourth-order valence-electron chi connectivity index (χ4n) is 2.64. The Morgan fingerprint density at radius 3 is 2.39 bits per heavy atom. The first-order valence-electron chi connectivity index (χ1n) is 7.03. The van der Waals surface area contributed by atoms with E-state index in [9.17, 15) is 17.6 Å². The molecule has 0 aliphatic heterocycles. The van der Waals surface area contributed by atoms with Crippen LogP contribution >= 0.6 is 0 Å². The summed E-state index contributed by atoms with van der Waals surface area (Å²) in [6, 6.07) is 5.56. The molecule has 1 saturated carbocycles. The van der Waals surface area contributed by atoms with Crippen LogP contribution in [-0.4, -0.2) is 24.3 Å². The molecule has 3 rings (SSSR count). The van der Waals surface area contributed by atoms with E-state index in [0.717, 1.165) is 12.6 Å². The van der Waals surface area contributed by atoms with Gasteiger partial charge >= 0.3 is 0 Å². The third-order valence-electron chi connectivity index (χ3n) is 4.08. The van der Waals surface area contributed by atoms with Gasteiger partial charge in [-0.25, -0.2) is 14.1 Å². The zero-order chi connectivity index (χ0) is 16.5. The number of aromatic nitrogens is 2. The predicted molar refractivity (Wildman–Crippen MR) is 79.3 cm³/mol. The molecule has 0 unspecified atom stereocenters. The van der Waals surface area contributed by atoms with Crippen LogP contribution in [0.25, 0.3) is 0 Å². The lowest BCUT2D eigenvalue weighted by molar-refractivity contribution is -0.128. The number of amides is 1. The van der Waals surface area contributed by atoms with Gasteiger partial charge in [-0.1, -0.05) is 18.6 Å². The normalized spacial score (nSPS) is 16.4. The summed E-state index contributed by atoms with van der Waals surface area (Å²) in [7, 11) is -4.08. The minimum absolute atomic E-state index is 0.318. The number of carbonyl (C=O) groups is 1. The highest BCUT2D eigenvalue weighted by molar-refractivity contribution is 7.90. The summed E-state index contributed by atoms with van der Waals surface area (Å²) in [5.74, 6) is -1.03. The summed E-state index contributed by atoms with van der Waals surface area (Å²) in [6.07, 6.45) is 5.47. The van der Waals surface area contributed by atoms with Crippen LogP contribution < -0.4 is 4.72 Å². The molecule has 2 aromatic rings. The van der Waals surface area contributed by atoms with Crippen molar-refractivity contribution in [2.75, 3.05) is 0 Å². The Kier molecular flexibility index (Phi) is 3.85. The molecule has 1 aliphatic rings. The first kappa shape index (κ1) is 15.5. The maximum Gasteiger partial charge on any atom is 0.283 e. The molecule has 120 valence electrons. The average molecular weight is 335 g/mol. The highest BCUT2D eigenvalue weighted by Gasteiger charge is 2.47. The molecule has 1 aliphatic carbocycles. The van der Waals surface area contributed by atoms with Gasteiger partial charge in [-0.3, -0.25) is 9.78 Å². The van der Waals surface area contributed by atoms with Gasteiger partial charge in [-0.2, -0.15) is 8.42 Å². The van der Waals surface area contributed by atoms with Gasteiger partial charge in [0.15, 0.2) is 5.03 Å². The lowest BCUT2D eigenvalue weighted by atomic mass is 9.64. The summed E-state index contributed by atoms with van der Waals surface area (Å²) in [5.41, 5.74) is -0.333. The molecule has 0 saturated heterocycles. The Hall–Kier alpha value is -2.35. The second-order valence-corrected chi connectivity index (χ2v) is 7.05. The van der Waals surface area contributed by atoms with Crippen LogP contribution in [0.4, 0.5) is 4.39 Å². The van der Waals surface area contributed by atoms with Crippen molar-refractivity contribution in [3.05, 3.63) is 54.2 Å². The Bertz CT molecular complexity index is 819. The average Bonchev–Trinajstić information content (AvgIpc) is 2.48. The minimum Gasteiger partial charge on any atom is -0.273 e. The maximum absolute atomic E-state index is 13.1. The van der Waals surface area contributed by atoms with Gasteiger partial charge in [0.05, 0.1) is 11.6 Å². The van der Waals surface area contributed by atoms with Crippen LogP contribution in [0, 0.1) is 5.82 Å². The number of hydrogen-bond donors (Lipinski definition) is 1. The lowest BCUT2D eigenvalue weighted by Gasteiger charge is -2.40. The molecule has 1 heterocycles. The largest absolute Gasteiger partial charge is 0.283 e. The zero-order valence-corrected chi connectivity index (χ0v) is 12.9. The Labute approximate surface area is 132 Å². The van der Waals surface area contributed by atoms with Crippen molar-refractivity contribution < 1.29 is 17.6 Å². The summed E-state index contributed by atoms with van der Waals surface area (Å²) in [4.78, 5) is 20.0. The third kappa shape index (κ3) is 2.81. The lowest BCUT2D eigenvalue weighted by Crippen LogP contribution is -2.50. The molecule has 0 bridgehead atoms.